The van der Waals surface area contributed by atoms with E-state index in [0.717, 1.165) is 16.9 Å². The van der Waals surface area contributed by atoms with Gasteiger partial charge in [-0.3, -0.25) is 0 Å². The van der Waals surface area contributed by atoms with E-state index in [2.05, 4.69) is 0 Å². The van der Waals surface area contributed by atoms with Crippen LogP contribution in [0.5, 0.6) is 5.75 Å². The van der Waals surface area contributed by atoms with E-state index in [1.807, 2.05) is 32.0 Å². The average molecular weight is 283 g/mol. The van der Waals surface area contributed by atoms with Crippen LogP contribution in [0.1, 0.15) is 18.1 Å². The molecule has 0 heterocycles. The van der Waals surface area contributed by atoms with Gasteiger partial charge in [-0.05, 0) is 31.0 Å². The summed E-state index contributed by atoms with van der Waals surface area (Å²) >= 11 is 0. The summed E-state index contributed by atoms with van der Waals surface area (Å²) in [6.45, 7) is 5.24. The second kappa shape index (κ2) is 8.92. The van der Waals surface area contributed by atoms with Crippen molar-refractivity contribution in [1.29, 1.82) is 0 Å². The van der Waals surface area contributed by atoms with Gasteiger partial charge in [-0.2, -0.15) is 0 Å². The first kappa shape index (κ1) is 16.9. The molecule has 0 saturated carbocycles. The molecule has 2 unspecified atom stereocenters. The molecule has 1 aromatic rings. The predicted octanol–water partition coefficient (Wildman–Crippen LogP) is 1.24. The standard InChI is InChI=1S/C15H25NO4/c1-11-4-5-13(7-16)6-15(11)20-10-14(17)9-19-12(2)8-18-3/h4-6,12,14,17H,7-10,16H2,1-3H3. The molecule has 0 saturated heterocycles. The smallest absolute Gasteiger partial charge is 0.122 e. The van der Waals surface area contributed by atoms with Crippen molar-refractivity contribution in [2.24, 2.45) is 5.73 Å². The summed E-state index contributed by atoms with van der Waals surface area (Å²) in [5.74, 6) is 0.747. The van der Waals surface area contributed by atoms with E-state index in [4.69, 9.17) is 19.9 Å². The lowest BCUT2D eigenvalue weighted by atomic mass is 10.1. The van der Waals surface area contributed by atoms with Crippen LogP contribution >= 0.6 is 0 Å². The van der Waals surface area contributed by atoms with Crippen molar-refractivity contribution in [2.75, 3.05) is 26.9 Å². The fourth-order valence-electron chi connectivity index (χ4n) is 1.72. The van der Waals surface area contributed by atoms with Crippen molar-refractivity contribution in [1.82, 2.24) is 0 Å². The molecule has 0 amide bonds. The first-order valence-electron chi connectivity index (χ1n) is 6.77. The number of aryl methyl sites for hydroxylation is 1. The maximum absolute atomic E-state index is 9.83. The molecule has 0 fully saturated rings. The molecule has 0 aliphatic rings. The fourth-order valence-corrected chi connectivity index (χ4v) is 1.72. The Bertz CT molecular complexity index is 397. The maximum atomic E-state index is 9.83. The number of ether oxygens (including phenoxy) is 3. The van der Waals surface area contributed by atoms with Gasteiger partial charge in [0.25, 0.3) is 0 Å². The summed E-state index contributed by atoms with van der Waals surface area (Å²) < 4.78 is 16.0. The van der Waals surface area contributed by atoms with Gasteiger partial charge in [0.05, 0.1) is 19.3 Å². The molecule has 5 nitrogen and oxygen atoms in total. The van der Waals surface area contributed by atoms with E-state index in [1.165, 1.54) is 0 Å². The third-order valence-electron chi connectivity index (χ3n) is 2.89. The Morgan fingerprint density at radius 2 is 2.00 bits per heavy atom. The predicted molar refractivity (Wildman–Crippen MR) is 77.9 cm³/mol. The van der Waals surface area contributed by atoms with Gasteiger partial charge in [-0.25, -0.2) is 0 Å². The highest BCUT2D eigenvalue weighted by atomic mass is 16.5. The number of methoxy groups -OCH3 is 1. The molecule has 0 spiro atoms. The number of nitrogens with two attached hydrogens (primary N) is 1. The lowest BCUT2D eigenvalue weighted by Crippen LogP contribution is -2.27. The lowest BCUT2D eigenvalue weighted by Gasteiger charge is -2.17. The average Bonchev–Trinajstić information content (AvgIpc) is 2.44. The van der Waals surface area contributed by atoms with E-state index < -0.39 is 6.10 Å². The van der Waals surface area contributed by atoms with Crippen LogP contribution in [0.15, 0.2) is 18.2 Å². The zero-order valence-corrected chi connectivity index (χ0v) is 12.5. The van der Waals surface area contributed by atoms with Crippen molar-refractivity contribution in [3.05, 3.63) is 29.3 Å². The Hall–Kier alpha value is -1.14. The second-order valence-electron chi connectivity index (χ2n) is 4.87. The largest absolute Gasteiger partial charge is 0.491 e. The van der Waals surface area contributed by atoms with Gasteiger partial charge in [0.1, 0.15) is 18.5 Å². The fraction of sp³-hybridized carbons (Fsp3) is 0.600. The summed E-state index contributed by atoms with van der Waals surface area (Å²) in [6, 6.07) is 5.83. The van der Waals surface area contributed by atoms with Gasteiger partial charge in [0.15, 0.2) is 0 Å². The molecule has 5 heteroatoms. The van der Waals surface area contributed by atoms with Crippen molar-refractivity contribution in [3.63, 3.8) is 0 Å². The highest BCUT2D eigenvalue weighted by Crippen LogP contribution is 2.19. The Morgan fingerprint density at radius 3 is 2.65 bits per heavy atom. The monoisotopic (exact) mass is 283 g/mol. The molecular formula is C15H25NO4. The summed E-state index contributed by atoms with van der Waals surface area (Å²) in [5.41, 5.74) is 7.62. The summed E-state index contributed by atoms with van der Waals surface area (Å²) in [6.07, 6.45) is -0.716. The molecule has 0 bridgehead atoms. The second-order valence-corrected chi connectivity index (χ2v) is 4.87. The minimum Gasteiger partial charge on any atom is -0.491 e. The number of aliphatic hydroxyl groups excluding tert-OH is 1. The first-order chi connectivity index (χ1) is 9.56. The third-order valence-corrected chi connectivity index (χ3v) is 2.89. The molecule has 0 aromatic heterocycles. The lowest BCUT2D eigenvalue weighted by molar-refractivity contribution is -0.0423. The molecule has 0 radical (unpaired) electrons. The first-order valence-corrected chi connectivity index (χ1v) is 6.77. The number of benzene rings is 1. The highest BCUT2D eigenvalue weighted by molar-refractivity contribution is 5.36. The van der Waals surface area contributed by atoms with Crippen LogP contribution in [0, 0.1) is 6.92 Å². The number of hydrogen-bond donors (Lipinski definition) is 2. The zero-order valence-electron chi connectivity index (χ0n) is 12.5. The van der Waals surface area contributed by atoms with E-state index in [-0.39, 0.29) is 19.3 Å². The number of rotatable bonds is 9. The summed E-state index contributed by atoms with van der Waals surface area (Å²) in [5, 5.41) is 9.83. The Kier molecular flexibility index (Phi) is 7.54. The minimum atomic E-state index is -0.671. The topological polar surface area (TPSA) is 73.9 Å². The highest BCUT2D eigenvalue weighted by Gasteiger charge is 2.10. The van der Waals surface area contributed by atoms with Crippen LogP contribution in [0.25, 0.3) is 0 Å². The third kappa shape index (κ3) is 5.88. The van der Waals surface area contributed by atoms with Crippen LogP contribution in [0.4, 0.5) is 0 Å². The molecule has 1 rings (SSSR count). The van der Waals surface area contributed by atoms with E-state index in [1.54, 1.807) is 7.11 Å². The molecule has 20 heavy (non-hydrogen) atoms. The SMILES string of the molecule is COCC(C)OCC(O)COc1cc(CN)ccc1C. The molecule has 3 N–H and O–H groups in total. The number of hydrogen-bond acceptors (Lipinski definition) is 5. The molecular weight excluding hydrogens is 258 g/mol. The van der Waals surface area contributed by atoms with E-state index in [0.29, 0.717) is 13.2 Å². The van der Waals surface area contributed by atoms with E-state index in [9.17, 15) is 5.11 Å². The maximum Gasteiger partial charge on any atom is 0.122 e. The number of aliphatic hydroxyl groups is 1. The molecule has 0 aliphatic carbocycles. The van der Waals surface area contributed by atoms with Crippen LogP contribution in [-0.2, 0) is 16.0 Å². The summed E-state index contributed by atoms with van der Waals surface area (Å²) in [4.78, 5) is 0. The summed E-state index contributed by atoms with van der Waals surface area (Å²) in [7, 11) is 1.62. The van der Waals surface area contributed by atoms with Crippen LogP contribution < -0.4 is 10.5 Å². The van der Waals surface area contributed by atoms with Crippen molar-refractivity contribution in [2.45, 2.75) is 32.6 Å². The van der Waals surface area contributed by atoms with Crippen LogP contribution in [0.3, 0.4) is 0 Å². The van der Waals surface area contributed by atoms with E-state index >= 15 is 0 Å². The molecule has 0 aliphatic heterocycles. The molecule has 114 valence electrons. The molecule has 1 aromatic carbocycles. The quantitative estimate of drug-likeness (QED) is 0.713. The van der Waals surface area contributed by atoms with Gasteiger partial charge in [0.2, 0.25) is 0 Å². The van der Waals surface area contributed by atoms with Crippen molar-refractivity contribution in [3.8, 4) is 5.75 Å². The minimum absolute atomic E-state index is 0.0445. The van der Waals surface area contributed by atoms with Crippen LogP contribution in [0.2, 0.25) is 0 Å². The van der Waals surface area contributed by atoms with Gasteiger partial charge in [-0.1, -0.05) is 12.1 Å². The Balaban J connectivity index is 2.38. The van der Waals surface area contributed by atoms with Gasteiger partial charge >= 0.3 is 0 Å². The normalized spacial score (nSPS) is 14.1. The molecule has 2 atom stereocenters. The zero-order chi connectivity index (χ0) is 15.0. The van der Waals surface area contributed by atoms with Gasteiger partial charge in [0, 0.05) is 13.7 Å². The Labute approximate surface area is 120 Å². The van der Waals surface area contributed by atoms with Crippen molar-refractivity contribution < 1.29 is 19.3 Å². The van der Waals surface area contributed by atoms with Gasteiger partial charge < -0.3 is 25.1 Å². The Morgan fingerprint density at radius 1 is 1.25 bits per heavy atom. The van der Waals surface area contributed by atoms with Crippen LogP contribution in [-0.4, -0.2) is 44.2 Å². The van der Waals surface area contributed by atoms with Gasteiger partial charge in [-0.15, -0.1) is 0 Å². The van der Waals surface area contributed by atoms with Crippen molar-refractivity contribution >= 4 is 0 Å².